The number of nitrogens with two attached hydrogens (primary N) is 1. The van der Waals surface area contributed by atoms with Gasteiger partial charge in [-0.25, -0.2) is 21.6 Å². The van der Waals surface area contributed by atoms with Crippen LogP contribution in [0, 0.1) is 0 Å². The highest BCUT2D eigenvalue weighted by molar-refractivity contribution is 7.93. The first-order valence-corrected chi connectivity index (χ1v) is 8.73. The molecule has 0 aliphatic carbocycles. The van der Waals surface area contributed by atoms with Crippen molar-refractivity contribution in [2.75, 3.05) is 23.5 Å². The highest BCUT2D eigenvalue weighted by Gasteiger charge is 2.15. The molecule has 0 radical (unpaired) electrons. The Morgan fingerprint density at radius 1 is 1.33 bits per heavy atom. The van der Waals surface area contributed by atoms with E-state index in [-0.39, 0.29) is 6.54 Å². The second-order valence-electron chi connectivity index (χ2n) is 3.95. The number of sulfone groups is 1. The Balaban J connectivity index is 2.60. The van der Waals surface area contributed by atoms with E-state index in [4.69, 9.17) is 5.73 Å². The molecule has 0 spiro atoms. The highest BCUT2D eigenvalue weighted by atomic mass is 32.2. The van der Waals surface area contributed by atoms with Gasteiger partial charge in [0, 0.05) is 25.4 Å². The third kappa shape index (κ3) is 4.63. The first kappa shape index (κ1) is 14.9. The van der Waals surface area contributed by atoms with Gasteiger partial charge in [0.1, 0.15) is 15.7 Å². The van der Waals surface area contributed by atoms with E-state index in [0.717, 1.165) is 6.26 Å². The number of nitrogens with zero attached hydrogens (tertiary/aromatic N) is 2. The smallest absolute Gasteiger partial charge is 0.212 e. The van der Waals surface area contributed by atoms with E-state index in [1.54, 1.807) is 7.05 Å². The Morgan fingerprint density at radius 3 is 2.39 bits per heavy atom. The number of anilines is 1. The Bertz CT molecular complexity index is 618. The zero-order chi connectivity index (χ0) is 14.0. The summed E-state index contributed by atoms with van der Waals surface area (Å²) in [4.78, 5) is 0. The molecule has 0 aliphatic heterocycles. The van der Waals surface area contributed by atoms with Crippen LogP contribution in [0.2, 0.25) is 0 Å². The van der Waals surface area contributed by atoms with Crippen LogP contribution in [0.1, 0.15) is 5.56 Å². The number of sulfonamides is 1. The average molecular weight is 296 g/mol. The van der Waals surface area contributed by atoms with Gasteiger partial charge in [0.25, 0.3) is 0 Å². The molecule has 1 aromatic heterocycles. The summed E-state index contributed by atoms with van der Waals surface area (Å²) in [5.41, 5.74) is 6.19. The third-order valence-corrected chi connectivity index (χ3v) is 4.80. The summed E-state index contributed by atoms with van der Waals surface area (Å²) in [5, 5.41) is 3.86. The van der Waals surface area contributed by atoms with E-state index in [1.165, 1.54) is 10.9 Å². The van der Waals surface area contributed by atoms with Gasteiger partial charge in [0.15, 0.2) is 0 Å². The number of nitrogens with one attached hydrogen (secondary N) is 1. The standard InChI is InChI=1S/C8H16N4O4S2/c1-12-8(9)7(5-10-12)6-11-18(15,16)4-3-17(2,13)14/h5,11H,3-4,6,9H2,1-2H3. The highest BCUT2D eigenvalue weighted by Crippen LogP contribution is 2.08. The van der Waals surface area contributed by atoms with Gasteiger partial charge in [-0.3, -0.25) is 4.68 Å². The molecule has 1 heterocycles. The van der Waals surface area contributed by atoms with Crippen LogP contribution < -0.4 is 10.5 Å². The SMILES string of the molecule is Cn1ncc(CNS(=O)(=O)CCS(C)(=O)=O)c1N. The van der Waals surface area contributed by atoms with Crippen LogP contribution in [0.25, 0.3) is 0 Å². The Labute approximate surface area is 106 Å². The predicted molar refractivity (Wildman–Crippen MR) is 68.0 cm³/mol. The predicted octanol–water partition coefficient (Wildman–Crippen LogP) is -1.53. The monoisotopic (exact) mass is 296 g/mol. The van der Waals surface area contributed by atoms with Gasteiger partial charge in [-0.05, 0) is 0 Å². The summed E-state index contributed by atoms with van der Waals surface area (Å²) >= 11 is 0. The number of nitrogen functional groups attached to an aromatic ring is 1. The summed E-state index contributed by atoms with van der Waals surface area (Å²) in [6, 6.07) is 0. The second kappa shape index (κ2) is 5.24. The quantitative estimate of drug-likeness (QED) is 0.656. The van der Waals surface area contributed by atoms with Gasteiger partial charge in [-0.1, -0.05) is 0 Å². The van der Waals surface area contributed by atoms with Crippen molar-refractivity contribution < 1.29 is 16.8 Å². The van der Waals surface area contributed by atoms with Crippen LogP contribution in [0.5, 0.6) is 0 Å². The molecule has 0 saturated carbocycles. The molecule has 8 nitrogen and oxygen atoms in total. The molecule has 0 amide bonds. The van der Waals surface area contributed by atoms with E-state index in [0.29, 0.717) is 11.4 Å². The van der Waals surface area contributed by atoms with Crippen molar-refractivity contribution >= 4 is 25.7 Å². The maximum absolute atomic E-state index is 11.5. The van der Waals surface area contributed by atoms with Gasteiger partial charge in [-0.15, -0.1) is 0 Å². The maximum Gasteiger partial charge on any atom is 0.212 e. The molecule has 0 aliphatic rings. The summed E-state index contributed by atoms with van der Waals surface area (Å²) in [6.07, 6.45) is 2.44. The van der Waals surface area contributed by atoms with Crippen LogP contribution >= 0.6 is 0 Å². The Kier molecular flexibility index (Phi) is 4.35. The van der Waals surface area contributed by atoms with E-state index in [1.807, 2.05) is 0 Å². The molecule has 0 bridgehead atoms. The second-order valence-corrected chi connectivity index (χ2v) is 8.13. The lowest BCUT2D eigenvalue weighted by atomic mass is 10.3. The van der Waals surface area contributed by atoms with E-state index in [9.17, 15) is 16.8 Å². The van der Waals surface area contributed by atoms with Crippen LogP contribution in [-0.4, -0.2) is 44.4 Å². The Morgan fingerprint density at radius 2 is 1.94 bits per heavy atom. The topological polar surface area (TPSA) is 124 Å². The van der Waals surface area contributed by atoms with E-state index < -0.39 is 31.4 Å². The van der Waals surface area contributed by atoms with Gasteiger partial charge in [-0.2, -0.15) is 5.10 Å². The Hall–Kier alpha value is -1.13. The first-order valence-electron chi connectivity index (χ1n) is 5.02. The average Bonchev–Trinajstić information content (AvgIpc) is 2.54. The number of hydrogen-bond acceptors (Lipinski definition) is 6. The van der Waals surface area contributed by atoms with Crippen molar-refractivity contribution in [2.45, 2.75) is 6.54 Å². The fourth-order valence-corrected chi connectivity index (χ4v) is 3.76. The van der Waals surface area contributed by atoms with Crippen molar-refractivity contribution in [3.8, 4) is 0 Å². The van der Waals surface area contributed by atoms with Gasteiger partial charge in [0.2, 0.25) is 10.0 Å². The van der Waals surface area contributed by atoms with Crippen molar-refractivity contribution in [1.29, 1.82) is 0 Å². The number of rotatable bonds is 6. The molecule has 0 atom stereocenters. The maximum atomic E-state index is 11.5. The molecular formula is C8H16N4O4S2. The van der Waals surface area contributed by atoms with Crippen LogP contribution in [0.15, 0.2) is 6.20 Å². The molecule has 10 heteroatoms. The third-order valence-electron chi connectivity index (χ3n) is 2.27. The number of aromatic nitrogens is 2. The van der Waals surface area contributed by atoms with Gasteiger partial charge < -0.3 is 5.73 Å². The summed E-state index contributed by atoms with van der Waals surface area (Å²) in [6.45, 7) is -0.00817. The number of aryl methyl sites for hydroxylation is 1. The molecule has 1 aromatic rings. The molecule has 0 unspecified atom stereocenters. The molecule has 18 heavy (non-hydrogen) atoms. The lowest BCUT2D eigenvalue weighted by Gasteiger charge is -2.05. The summed E-state index contributed by atoms with van der Waals surface area (Å²) < 4.78 is 48.5. The zero-order valence-electron chi connectivity index (χ0n) is 10.1. The fraction of sp³-hybridized carbons (Fsp3) is 0.625. The first-order chi connectivity index (χ1) is 8.11. The molecule has 0 saturated heterocycles. The molecule has 104 valence electrons. The molecule has 3 N–H and O–H groups in total. The van der Waals surface area contributed by atoms with E-state index >= 15 is 0 Å². The molecule has 1 rings (SSSR count). The van der Waals surface area contributed by atoms with Crippen molar-refractivity contribution in [2.24, 2.45) is 7.05 Å². The largest absolute Gasteiger partial charge is 0.384 e. The van der Waals surface area contributed by atoms with Crippen molar-refractivity contribution in [3.63, 3.8) is 0 Å². The minimum atomic E-state index is -3.64. The molecular weight excluding hydrogens is 280 g/mol. The van der Waals surface area contributed by atoms with E-state index in [2.05, 4.69) is 9.82 Å². The van der Waals surface area contributed by atoms with Crippen molar-refractivity contribution in [3.05, 3.63) is 11.8 Å². The minimum Gasteiger partial charge on any atom is -0.384 e. The minimum absolute atomic E-state index is 0.00817. The fourth-order valence-electron chi connectivity index (χ4n) is 1.15. The molecule has 0 fully saturated rings. The summed E-state index contributed by atoms with van der Waals surface area (Å²) in [7, 11) is -5.31. The van der Waals surface area contributed by atoms with Gasteiger partial charge in [0.05, 0.1) is 17.7 Å². The van der Waals surface area contributed by atoms with Crippen molar-refractivity contribution in [1.82, 2.24) is 14.5 Å². The lowest BCUT2D eigenvalue weighted by molar-refractivity contribution is 0.579. The lowest BCUT2D eigenvalue weighted by Crippen LogP contribution is -2.29. The summed E-state index contributed by atoms with van der Waals surface area (Å²) in [5.74, 6) is -0.516. The molecule has 0 aromatic carbocycles. The zero-order valence-corrected chi connectivity index (χ0v) is 11.8. The van der Waals surface area contributed by atoms with Crippen LogP contribution in [-0.2, 0) is 33.5 Å². The normalized spacial score (nSPS) is 12.8. The number of hydrogen-bond donors (Lipinski definition) is 2. The van der Waals surface area contributed by atoms with Crippen LogP contribution in [0.4, 0.5) is 5.82 Å². The van der Waals surface area contributed by atoms with Gasteiger partial charge >= 0.3 is 0 Å². The van der Waals surface area contributed by atoms with Crippen LogP contribution in [0.3, 0.4) is 0 Å².